The number of carbonyl (C=O) groups is 1. The Balaban J connectivity index is 2.25. The van der Waals surface area contributed by atoms with Crippen molar-refractivity contribution in [3.63, 3.8) is 0 Å². The van der Waals surface area contributed by atoms with Crippen LogP contribution < -0.4 is 5.56 Å². The van der Waals surface area contributed by atoms with Gasteiger partial charge in [0.2, 0.25) is 5.91 Å². The first-order valence-electron chi connectivity index (χ1n) is 11.2. The van der Waals surface area contributed by atoms with E-state index in [1.165, 1.54) is 0 Å². The maximum Gasteiger partial charge on any atom is 0.266 e. The molecule has 0 saturated heterocycles. The standard InChI is InChI=1S/C26H32ClN3O2/c1-16(2)13-24(31)29(15-17(3)4)19(6)25-28-23-14-20(27)9-12-22(23)26(32)30(25)21-10-7-18(5)8-11-21/h7-12,14,16-17,19H,13,15H2,1-6H3. The third-order valence-electron chi connectivity index (χ3n) is 5.46. The number of halogens is 1. The molecular weight excluding hydrogens is 422 g/mol. The fraction of sp³-hybridized carbons (Fsp3) is 0.423. The van der Waals surface area contributed by atoms with Crippen LogP contribution in [0.5, 0.6) is 0 Å². The van der Waals surface area contributed by atoms with E-state index in [2.05, 4.69) is 13.8 Å². The number of amides is 1. The fourth-order valence-electron chi connectivity index (χ4n) is 3.87. The lowest BCUT2D eigenvalue weighted by molar-refractivity contribution is -0.135. The molecule has 6 heteroatoms. The van der Waals surface area contributed by atoms with Crippen LogP contribution in [0, 0.1) is 18.8 Å². The van der Waals surface area contributed by atoms with Gasteiger partial charge in [-0.05, 0) is 56.0 Å². The van der Waals surface area contributed by atoms with Crippen LogP contribution in [0.3, 0.4) is 0 Å². The van der Waals surface area contributed by atoms with Crippen LogP contribution in [-0.2, 0) is 4.79 Å². The average Bonchev–Trinajstić information content (AvgIpc) is 2.71. The zero-order chi connectivity index (χ0) is 23.6. The van der Waals surface area contributed by atoms with E-state index in [4.69, 9.17) is 16.6 Å². The minimum atomic E-state index is -0.388. The molecule has 0 aliphatic heterocycles. The van der Waals surface area contributed by atoms with Gasteiger partial charge in [0.15, 0.2) is 0 Å². The van der Waals surface area contributed by atoms with Gasteiger partial charge in [-0.15, -0.1) is 0 Å². The lowest BCUT2D eigenvalue weighted by atomic mass is 10.1. The summed E-state index contributed by atoms with van der Waals surface area (Å²) in [5.74, 6) is 1.12. The number of rotatable bonds is 7. The Bertz CT molecular complexity index is 1170. The van der Waals surface area contributed by atoms with Gasteiger partial charge in [0.05, 0.1) is 22.6 Å². The molecule has 0 saturated carbocycles. The number of aryl methyl sites for hydroxylation is 1. The summed E-state index contributed by atoms with van der Waals surface area (Å²) in [6.07, 6.45) is 0.450. The summed E-state index contributed by atoms with van der Waals surface area (Å²) in [5, 5.41) is 1.01. The van der Waals surface area contributed by atoms with Gasteiger partial charge in [0.25, 0.3) is 5.56 Å². The summed E-state index contributed by atoms with van der Waals surface area (Å²) in [7, 11) is 0. The molecule has 0 spiro atoms. The predicted molar refractivity (Wildman–Crippen MR) is 132 cm³/mol. The highest BCUT2D eigenvalue weighted by atomic mass is 35.5. The van der Waals surface area contributed by atoms with Crippen molar-refractivity contribution in [3.8, 4) is 5.69 Å². The van der Waals surface area contributed by atoms with E-state index in [1.54, 1.807) is 22.8 Å². The quantitative estimate of drug-likeness (QED) is 0.444. The number of fused-ring (bicyclic) bond motifs is 1. The van der Waals surface area contributed by atoms with E-state index in [0.29, 0.717) is 34.7 Å². The third-order valence-corrected chi connectivity index (χ3v) is 5.69. The van der Waals surface area contributed by atoms with Gasteiger partial charge in [0.1, 0.15) is 5.82 Å². The van der Waals surface area contributed by atoms with Crippen molar-refractivity contribution >= 4 is 28.4 Å². The van der Waals surface area contributed by atoms with Crippen LogP contribution in [0.15, 0.2) is 47.3 Å². The normalized spacial score (nSPS) is 12.5. The molecule has 1 atom stereocenters. The van der Waals surface area contributed by atoms with Crippen molar-refractivity contribution in [2.75, 3.05) is 6.54 Å². The largest absolute Gasteiger partial charge is 0.333 e. The molecule has 2 aromatic carbocycles. The number of nitrogens with zero attached hydrogens (tertiary/aromatic N) is 3. The molecule has 3 aromatic rings. The third kappa shape index (κ3) is 5.21. The van der Waals surface area contributed by atoms with Crippen LogP contribution in [-0.4, -0.2) is 26.9 Å². The molecule has 32 heavy (non-hydrogen) atoms. The topological polar surface area (TPSA) is 55.2 Å². The first-order valence-corrected chi connectivity index (χ1v) is 11.5. The van der Waals surface area contributed by atoms with Crippen LogP contribution in [0.25, 0.3) is 16.6 Å². The molecule has 5 nitrogen and oxygen atoms in total. The smallest absolute Gasteiger partial charge is 0.266 e. The lowest BCUT2D eigenvalue weighted by Crippen LogP contribution is -2.40. The SMILES string of the molecule is Cc1ccc(-n2c(C(C)N(CC(C)C)C(=O)CC(C)C)nc3cc(Cl)ccc3c2=O)cc1. The van der Waals surface area contributed by atoms with E-state index in [0.717, 1.165) is 11.3 Å². The molecule has 1 heterocycles. The van der Waals surface area contributed by atoms with E-state index >= 15 is 0 Å². The summed E-state index contributed by atoms with van der Waals surface area (Å²) in [6, 6.07) is 12.5. The van der Waals surface area contributed by atoms with Crippen LogP contribution in [0.4, 0.5) is 0 Å². The minimum Gasteiger partial charge on any atom is -0.333 e. The summed E-state index contributed by atoms with van der Waals surface area (Å²) in [6.45, 7) is 12.8. The van der Waals surface area contributed by atoms with Crippen molar-refractivity contribution < 1.29 is 4.79 Å². The minimum absolute atomic E-state index is 0.0668. The Morgan fingerprint density at radius 3 is 2.28 bits per heavy atom. The molecule has 1 aromatic heterocycles. The van der Waals surface area contributed by atoms with Gasteiger partial charge in [-0.2, -0.15) is 0 Å². The molecular formula is C26H32ClN3O2. The van der Waals surface area contributed by atoms with E-state index in [9.17, 15) is 9.59 Å². The van der Waals surface area contributed by atoms with Crippen LogP contribution >= 0.6 is 11.6 Å². The highest BCUT2D eigenvalue weighted by molar-refractivity contribution is 6.31. The maximum atomic E-state index is 13.6. The number of hydrogen-bond acceptors (Lipinski definition) is 3. The second-order valence-corrected chi connectivity index (χ2v) is 9.76. The maximum absolute atomic E-state index is 13.6. The summed E-state index contributed by atoms with van der Waals surface area (Å²) in [4.78, 5) is 33.5. The Labute approximate surface area is 195 Å². The van der Waals surface area contributed by atoms with Crippen molar-refractivity contribution in [1.82, 2.24) is 14.5 Å². The molecule has 0 radical (unpaired) electrons. The van der Waals surface area contributed by atoms with Crippen LogP contribution in [0.2, 0.25) is 5.02 Å². The molecule has 1 amide bonds. The van der Waals surface area contributed by atoms with Gasteiger partial charge in [-0.3, -0.25) is 14.2 Å². The van der Waals surface area contributed by atoms with Gasteiger partial charge < -0.3 is 4.90 Å². The van der Waals surface area contributed by atoms with Crippen LogP contribution in [0.1, 0.15) is 58.5 Å². The zero-order valence-corrected chi connectivity index (χ0v) is 20.5. The zero-order valence-electron chi connectivity index (χ0n) is 19.7. The Kier molecular flexibility index (Phi) is 7.40. The highest BCUT2D eigenvalue weighted by Crippen LogP contribution is 2.26. The Morgan fingerprint density at radius 1 is 1.03 bits per heavy atom. The molecule has 170 valence electrons. The average molecular weight is 454 g/mol. The monoisotopic (exact) mass is 453 g/mol. The number of carbonyl (C=O) groups excluding carboxylic acids is 1. The summed E-state index contributed by atoms with van der Waals surface area (Å²) in [5.41, 5.74) is 2.20. The molecule has 0 aliphatic carbocycles. The molecule has 3 rings (SSSR count). The molecule has 0 N–H and O–H groups in total. The van der Waals surface area contributed by atoms with Crippen molar-refractivity contribution in [3.05, 3.63) is 69.2 Å². The summed E-state index contributed by atoms with van der Waals surface area (Å²) >= 11 is 6.20. The van der Waals surface area contributed by atoms with E-state index < -0.39 is 0 Å². The van der Waals surface area contributed by atoms with Gasteiger partial charge >= 0.3 is 0 Å². The number of hydrogen-bond donors (Lipinski definition) is 0. The Morgan fingerprint density at radius 2 is 1.69 bits per heavy atom. The van der Waals surface area contributed by atoms with Crippen molar-refractivity contribution in [2.24, 2.45) is 11.8 Å². The molecule has 1 unspecified atom stereocenters. The van der Waals surface area contributed by atoms with Gasteiger partial charge in [-0.1, -0.05) is 57.0 Å². The van der Waals surface area contributed by atoms with Crippen molar-refractivity contribution in [1.29, 1.82) is 0 Å². The molecule has 0 bridgehead atoms. The number of aromatic nitrogens is 2. The lowest BCUT2D eigenvalue weighted by Gasteiger charge is -2.32. The van der Waals surface area contributed by atoms with Gasteiger partial charge in [0, 0.05) is 18.0 Å². The first-order chi connectivity index (χ1) is 15.1. The molecule has 0 fully saturated rings. The van der Waals surface area contributed by atoms with E-state index in [1.807, 2.05) is 56.9 Å². The fourth-order valence-corrected chi connectivity index (χ4v) is 4.04. The van der Waals surface area contributed by atoms with Gasteiger partial charge in [-0.25, -0.2) is 4.98 Å². The van der Waals surface area contributed by atoms with E-state index in [-0.39, 0.29) is 29.3 Å². The first kappa shape index (κ1) is 24.0. The summed E-state index contributed by atoms with van der Waals surface area (Å²) < 4.78 is 1.64. The Hall–Kier alpha value is -2.66. The second kappa shape index (κ2) is 9.86. The second-order valence-electron chi connectivity index (χ2n) is 9.32. The molecule has 0 aliphatic rings. The number of benzene rings is 2. The highest BCUT2D eigenvalue weighted by Gasteiger charge is 2.27. The predicted octanol–water partition coefficient (Wildman–Crippen LogP) is 5.94. The van der Waals surface area contributed by atoms with Crippen molar-refractivity contribution in [2.45, 2.75) is 54.0 Å².